The molecule has 0 aromatic carbocycles. The van der Waals surface area contributed by atoms with Crippen molar-refractivity contribution >= 4 is 29.1 Å². The average molecular weight is 197 g/mol. The van der Waals surface area contributed by atoms with E-state index in [0.29, 0.717) is 17.9 Å². The van der Waals surface area contributed by atoms with Gasteiger partial charge in [-0.15, -0.1) is 11.3 Å². The van der Waals surface area contributed by atoms with Crippen molar-refractivity contribution < 1.29 is 14.3 Å². The Kier molecular flexibility index (Phi) is 3.37. The molecule has 0 aliphatic carbocycles. The number of thiophene rings is 1. The Hall–Kier alpha value is -1.45. The summed E-state index contributed by atoms with van der Waals surface area (Å²) in [5.41, 5.74) is 0.633. The molecule has 0 atom stereocenters. The third kappa shape index (κ3) is 2.24. The van der Waals surface area contributed by atoms with E-state index in [9.17, 15) is 9.59 Å². The molecule has 0 bridgehead atoms. The predicted octanol–water partition coefficient (Wildman–Crippen LogP) is 1.89. The molecule has 0 saturated heterocycles. The number of ether oxygens (including phenoxy) is 1. The number of rotatable bonds is 3. The Labute approximate surface area is 78.9 Å². The lowest BCUT2D eigenvalue weighted by molar-refractivity contribution is 0.0528. The molecule has 0 spiro atoms. The van der Waals surface area contributed by atoms with Crippen LogP contribution in [0.3, 0.4) is 0 Å². The van der Waals surface area contributed by atoms with Crippen LogP contribution in [-0.4, -0.2) is 18.7 Å². The number of esters is 1. The van der Waals surface area contributed by atoms with Crippen molar-refractivity contribution in [2.24, 2.45) is 4.99 Å². The normalized spacial score (nSPS) is 9.00. The zero-order valence-electron chi connectivity index (χ0n) is 6.94. The number of hydrogen-bond donors (Lipinski definition) is 0. The molecule has 0 saturated carbocycles. The van der Waals surface area contributed by atoms with Gasteiger partial charge in [0.05, 0.1) is 12.2 Å². The molecule has 13 heavy (non-hydrogen) atoms. The summed E-state index contributed by atoms with van der Waals surface area (Å²) in [5, 5.41) is 3.19. The van der Waals surface area contributed by atoms with Crippen LogP contribution in [0, 0.1) is 0 Å². The van der Waals surface area contributed by atoms with E-state index in [1.807, 2.05) is 0 Å². The standard InChI is InChI=1S/C8H7NO3S/c1-2-12-8(11)6-3-13-4-7(6)9-5-10/h3-4H,2H2,1H3. The summed E-state index contributed by atoms with van der Waals surface area (Å²) >= 11 is 1.29. The summed E-state index contributed by atoms with van der Waals surface area (Å²) in [6.07, 6.45) is 1.38. The minimum absolute atomic E-state index is 0.304. The highest BCUT2D eigenvalue weighted by atomic mass is 32.1. The molecular weight excluding hydrogens is 190 g/mol. The van der Waals surface area contributed by atoms with E-state index >= 15 is 0 Å². The Morgan fingerprint density at radius 2 is 2.46 bits per heavy atom. The fourth-order valence-electron chi connectivity index (χ4n) is 0.788. The van der Waals surface area contributed by atoms with E-state index in [1.54, 1.807) is 17.7 Å². The topological polar surface area (TPSA) is 55.7 Å². The van der Waals surface area contributed by atoms with Gasteiger partial charge in [-0.25, -0.2) is 9.59 Å². The number of hydrogen-bond acceptors (Lipinski definition) is 5. The second-order valence-electron chi connectivity index (χ2n) is 2.09. The van der Waals surface area contributed by atoms with Crippen LogP contribution in [0.1, 0.15) is 17.3 Å². The minimum atomic E-state index is -0.460. The first-order valence-electron chi connectivity index (χ1n) is 3.60. The Balaban J connectivity index is 2.93. The zero-order chi connectivity index (χ0) is 9.68. The largest absolute Gasteiger partial charge is 0.462 e. The van der Waals surface area contributed by atoms with E-state index in [1.165, 1.54) is 17.4 Å². The van der Waals surface area contributed by atoms with Gasteiger partial charge in [-0.2, -0.15) is 4.99 Å². The van der Waals surface area contributed by atoms with Crippen molar-refractivity contribution in [1.82, 2.24) is 0 Å². The van der Waals surface area contributed by atoms with Gasteiger partial charge in [0.2, 0.25) is 6.08 Å². The molecule has 0 amide bonds. The maximum absolute atomic E-state index is 11.2. The van der Waals surface area contributed by atoms with E-state index in [0.717, 1.165) is 0 Å². The van der Waals surface area contributed by atoms with Crippen molar-refractivity contribution in [3.05, 3.63) is 16.3 Å². The van der Waals surface area contributed by atoms with E-state index in [2.05, 4.69) is 4.99 Å². The predicted molar refractivity (Wildman–Crippen MR) is 48.1 cm³/mol. The molecule has 0 aliphatic rings. The van der Waals surface area contributed by atoms with Gasteiger partial charge in [0, 0.05) is 10.8 Å². The number of nitrogens with zero attached hydrogens (tertiary/aromatic N) is 1. The molecule has 1 aromatic rings. The molecule has 1 aromatic heterocycles. The van der Waals surface area contributed by atoms with E-state index in [-0.39, 0.29) is 0 Å². The molecular formula is C8H7NO3S. The summed E-state index contributed by atoms with van der Waals surface area (Å²) in [4.78, 5) is 24.5. The van der Waals surface area contributed by atoms with Gasteiger partial charge in [-0.3, -0.25) is 0 Å². The lowest BCUT2D eigenvalue weighted by Crippen LogP contribution is -2.02. The Morgan fingerprint density at radius 1 is 1.69 bits per heavy atom. The summed E-state index contributed by atoms with van der Waals surface area (Å²) in [6, 6.07) is 0. The maximum Gasteiger partial charge on any atom is 0.341 e. The van der Waals surface area contributed by atoms with Crippen LogP contribution >= 0.6 is 11.3 Å². The molecule has 1 rings (SSSR count). The summed E-state index contributed by atoms with van der Waals surface area (Å²) < 4.78 is 4.75. The summed E-state index contributed by atoms with van der Waals surface area (Å²) in [5.74, 6) is -0.460. The van der Waals surface area contributed by atoms with Gasteiger partial charge in [0.25, 0.3) is 0 Å². The fraction of sp³-hybridized carbons (Fsp3) is 0.250. The number of carbonyl (C=O) groups excluding carboxylic acids is 2. The van der Waals surface area contributed by atoms with Crippen LogP contribution in [0.5, 0.6) is 0 Å². The second kappa shape index (κ2) is 4.54. The molecule has 0 aliphatic heterocycles. The average Bonchev–Trinajstić information content (AvgIpc) is 2.54. The maximum atomic E-state index is 11.2. The Bertz CT molecular complexity index is 352. The molecule has 68 valence electrons. The fourth-order valence-corrected chi connectivity index (χ4v) is 1.52. The zero-order valence-corrected chi connectivity index (χ0v) is 7.76. The van der Waals surface area contributed by atoms with E-state index < -0.39 is 5.97 Å². The highest BCUT2D eigenvalue weighted by Crippen LogP contribution is 2.24. The SMILES string of the molecule is CCOC(=O)c1cscc1N=C=O. The van der Waals surface area contributed by atoms with Crippen molar-refractivity contribution in [3.8, 4) is 0 Å². The van der Waals surface area contributed by atoms with Crippen molar-refractivity contribution in [3.63, 3.8) is 0 Å². The highest BCUT2D eigenvalue weighted by molar-refractivity contribution is 7.08. The number of carbonyl (C=O) groups is 1. The molecule has 0 radical (unpaired) electrons. The summed E-state index contributed by atoms with van der Waals surface area (Å²) in [6.45, 7) is 2.02. The highest BCUT2D eigenvalue weighted by Gasteiger charge is 2.12. The number of aliphatic imine (C=N–C) groups is 1. The van der Waals surface area contributed by atoms with Crippen LogP contribution in [-0.2, 0) is 9.53 Å². The quantitative estimate of drug-likeness (QED) is 0.422. The molecule has 5 heteroatoms. The first-order valence-corrected chi connectivity index (χ1v) is 4.55. The number of isocyanates is 1. The van der Waals surface area contributed by atoms with Gasteiger partial charge in [0.15, 0.2) is 0 Å². The molecule has 0 unspecified atom stereocenters. The monoisotopic (exact) mass is 197 g/mol. The van der Waals surface area contributed by atoms with Gasteiger partial charge in [-0.05, 0) is 6.92 Å². The Morgan fingerprint density at radius 3 is 3.08 bits per heavy atom. The van der Waals surface area contributed by atoms with Crippen molar-refractivity contribution in [2.75, 3.05) is 6.61 Å². The van der Waals surface area contributed by atoms with Gasteiger partial charge in [-0.1, -0.05) is 0 Å². The smallest absolute Gasteiger partial charge is 0.341 e. The van der Waals surface area contributed by atoms with Crippen molar-refractivity contribution in [1.29, 1.82) is 0 Å². The van der Waals surface area contributed by atoms with Crippen LogP contribution in [0.4, 0.5) is 5.69 Å². The first-order chi connectivity index (χ1) is 6.29. The summed E-state index contributed by atoms with van der Waals surface area (Å²) in [7, 11) is 0. The van der Waals surface area contributed by atoms with Gasteiger partial charge < -0.3 is 4.74 Å². The van der Waals surface area contributed by atoms with Gasteiger partial charge >= 0.3 is 5.97 Å². The second-order valence-corrected chi connectivity index (χ2v) is 2.84. The van der Waals surface area contributed by atoms with Crippen LogP contribution in [0.25, 0.3) is 0 Å². The van der Waals surface area contributed by atoms with Gasteiger partial charge in [0.1, 0.15) is 5.69 Å². The minimum Gasteiger partial charge on any atom is -0.462 e. The lowest BCUT2D eigenvalue weighted by Gasteiger charge is -1.98. The molecule has 1 heterocycles. The molecule has 0 N–H and O–H groups in total. The lowest BCUT2D eigenvalue weighted by atomic mass is 10.3. The first kappa shape index (κ1) is 9.64. The molecule has 4 nitrogen and oxygen atoms in total. The van der Waals surface area contributed by atoms with Crippen LogP contribution in [0.2, 0.25) is 0 Å². The van der Waals surface area contributed by atoms with Crippen LogP contribution < -0.4 is 0 Å². The van der Waals surface area contributed by atoms with Crippen molar-refractivity contribution in [2.45, 2.75) is 6.92 Å². The van der Waals surface area contributed by atoms with Crippen LogP contribution in [0.15, 0.2) is 15.8 Å². The van der Waals surface area contributed by atoms with E-state index in [4.69, 9.17) is 4.74 Å². The third-order valence-corrected chi connectivity index (χ3v) is 2.03. The third-order valence-electron chi connectivity index (χ3n) is 1.30. The molecule has 0 fully saturated rings.